The number of H-pyrrole nitrogens is 1. The van der Waals surface area contributed by atoms with Gasteiger partial charge < -0.3 is 19.9 Å². The number of amides is 2. The van der Waals surface area contributed by atoms with Crippen molar-refractivity contribution in [1.82, 2.24) is 14.9 Å². The van der Waals surface area contributed by atoms with E-state index >= 15 is 0 Å². The van der Waals surface area contributed by atoms with E-state index in [1.54, 1.807) is 12.1 Å². The number of rotatable bonds is 3. The highest BCUT2D eigenvalue weighted by Gasteiger charge is 2.36. The topological polar surface area (TPSA) is 87.3 Å². The molecule has 0 spiro atoms. The van der Waals surface area contributed by atoms with Crippen molar-refractivity contribution < 1.29 is 27.5 Å². The van der Waals surface area contributed by atoms with Gasteiger partial charge in [-0.05, 0) is 24.3 Å². The zero-order valence-electron chi connectivity index (χ0n) is 16.3. The van der Waals surface area contributed by atoms with E-state index in [1.807, 2.05) is 0 Å². The minimum absolute atomic E-state index is 0.167. The first kappa shape index (κ1) is 20.5. The number of imidazole rings is 1. The molecule has 31 heavy (non-hydrogen) atoms. The van der Waals surface area contributed by atoms with Gasteiger partial charge in [0, 0.05) is 29.9 Å². The van der Waals surface area contributed by atoms with Gasteiger partial charge in [-0.25, -0.2) is 27.7 Å². The molecule has 2 heterocycles. The van der Waals surface area contributed by atoms with Gasteiger partial charge in [-0.1, -0.05) is 12.1 Å². The molecule has 0 fully saturated rings. The van der Waals surface area contributed by atoms with Crippen LogP contribution in [0, 0.1) is 17.5 Å². The third-order valence-corrected chi connectivity index (χ3v) is 5.08. The maximum Gasteiger partial charge on any atom is 0.337 e. The van der Waals surface area contributed by atoms with Crippen LogP contribution in [0.4, 0.5) is 23.7 Å². The van der Waals surface area contributed by atoms with Crippen LogP contribution in [0.25, 0.3) is 0 Å². The van der Waals surface area contributed by atoms with E-state index in [9.17, 15) is 22.8 Å². The van der Waals surface area contributed by atoms with E-state index in [4.69, 9.17) is 0 Å². The highest BCUT2D eigenvalue weighted by molar-refractivity contribution is 5.94. The van der Waals surface area contributed by atoms with E-state index < -0.39 is 35.5 Å². The molecule has 0 saturated carbocycles. The Morgan fingerprint density at radius 3 is 2.77 bits per heavy atom. The number of hydrogen-bond donors (Lipinski definition) is 2. The highest BCUT2D eigenvalue weighted by atomic mass is 19.2. The van der Waals surface area contributed by atoms with Gasteiger partial charge in [0.25, 0.3) is 0 Å². The number of urea groups is 1. The van der Waals surface area contributed by atoms with Crippen molar-refractivity contribution in [2.75, 3.05) is 19.0 Å². The number of ether oxygens (including phenoxy) is 1. The number of aromatic amines is 1. The number of halogens is 3. The highest BCUT2D eigenvalue weighted by Crippen LogP contribution is 2.36. The largest absolute Gasteiger partial charge is 0.465 e. The van der Waals surface area contributed by atoms with Crippen LogP contribution in [0.15, 0.2) is 42.7 Å². The van der Waals surface area contributed by atoms with E-state index in [1.165, 1.54) is 30.5 Å². The molecule has 0 bridgehead atoms. The molecule has 1 aliphatic rings. The number of anilines is 1. The molecule has 7 nitrogen and oxygen atoms in total. The van der Waals surface area contributed by atoms with E-state index in [0.717, 1.165) is 12.1 Å². The molecule has 2 N–H and O–H groups in total. The van der Waals surface area contributed by atoms with Gasteiger partial charge in [0.05, 0.1) is 24.7 Å². The summed E-state index contributed by atoms with van der Waals surface area (Å²) in [5.74, 6) is -4.90. The summed E-state index contributed by atoms with van der Waals surface area (Å²) < 4.78 is 46.7. The third-order valence-electron chi connectivity index (χ3n) is 5.08. The SMILES string of the molecule is COC(=O)c1cccc(NC(=O)N2CCc3[nH]cnc3[C@@H]2c2ccc(F)c(F)c2F)c1. The molecule has 1 aromatic heterocycles. The number of benzene rings is 2. The van der Waals surface area contributed by atoms with Crippen LogP contribution in [0.2, 0.25) is 0 Å². The fourth-order valence-corrected chi connectivity index (χ4v) is 3.60. The normalized spacial score (nSPS) is 15.4. The summed E-state index contributed by atoms with van der Waals surface area (Å²) in [6, 6.07) is 6.31. The second kappa shape index (κ2) is 8.13. The van der Waals surface area contributed by atoms with Crippen molar-refractivity contribution in [3.8, 4) is 0 Å². The lowest BCUT2D eigenvalue weighted by molar-refractivity contribution is 0.0600. The third kappa shape index (κ3) is 3.72. The Morgan fingerprint density at radius 2 is 2.00 bits per heavy atom. The predicted octanol–water partition coefficient (Wildman–Crippen LogP) is 3.79. The summed E-state index contributed by atoms with van der Waals surface area (Å²) >= 11 is 0. The zero-order chi connectivity index (χ0) is 22.1. The standard InChI is InChI=1S/C21H17F3N4O3/c1-31-20(29)11-3-2-4-12(9-11)27-21(30)28-8-7-15-18(26-10-25-15)19(28)13-5-6-14(22)17(24)16(13)23/h2-6,9-10,19H,7-8H2,1H3,(H,25,26)(H,27,30)/t19-/m0/s1. The predicted molar refractivity (Wildman–Crippen MR) is 104 cm³/mol. The molecular weight excluding hydrogens is 413 g/mol. The molecule has 2 aromatic carbocycles. The van der Waals surface area contributed by atoms with Crippen molar-refractivity contribution in [2.24, 2.45) is 0 Å². The number of carbonyl (C=O) groups is 2. The van der Waals surface area contributed by atoms with Gasteiger partial charge in [0.2, 0.25) is 0 Å². The number of fused-ring (bicyclic) bond motifs is 1. The van der Waals surface area contributed by atoms with Gasteiger partial charge in [0.15, 0.2) is 17.5 Å². The molecule has 160 valence electrons. The second-order valence-electron chi connectivity index (χ2n) is 6.88. The first-order valence-electron chi connectivity index (χ1n) is 9.32. The first-order chi connectivity index (χ1) is 14.9. The number of nitrogens with one attached hydrogen (secondary N) is 2. The molecule has 2 amide bonds. The number of aromatic nitrogens is 2. The van der Waals surface area contributed by atoms with E-state index in [0.29, 0.717) is 23.5 Å². The minimum Gasteiger partial charge on any atom is -0.465 e. The maximum absolute atomic E-state index is 14.6. The Morgan fingerprint density at radius 1 is 1.19 bits per heavy atom. The Labute approximate surface area is 174 Å². The van der Waals surface area contributed by atoms with Crippen molar-refractivity contribution in [3.05, 3.63) is 82.7 Å². The summed E-state index contributed by atoms with van der Waals surface area (Å²) in [4.78, 5) is 33.2. The zero-order valence-corrected chi connectivity index (χ0v) is 16.3. The summed E-state index contributed by atoms with van der Waals surface area (Å²) in [6.07, 6.45) is 1.81. The molecule has 4 rings (SSSR count). The van der Waals surface area contributed by atoms with Gasteiger partial charge in [0.1, 0.15) is 6.04 Å². The first-order valence-corrected chi connectivity index (χ1v) is 9.32. The van der Waals surface area contributed by atoms with Crippen LogP contribution in [-0.2, 0) is 11.2 Å². The summed E-state index contributed by atoms with van der Waals surface area (Å²) in [6.45, 7) is 0.167. The van der Waals surface area contributed by atoms with Gasteiger partial charge in [-0.2, -0.15) is 0 Å². The lowest BCUT2D eigenvalue weighted by Crippen LogP contribution is -2.43. The quantitative estimate of drug-likeness (QED) is 0.489. The minimum atomic E-state index is -1.62. The number of esters is 1. The van der Waals surface area contributed by atoms with Gasteiger partial charge >= 0.3 is 12.0 Å². The average molecular weight is 430 g/mol. The van der Waals surface area contributed by atoms with Crippen LogP contribution < -0.4 is 5.32 Å². The Bertz CT molecular complexity index is 1160. The monoisotopic (exact) mass is 430 g/mol. The van der Waals surface area contributed by atoms with Crippen LogP contribution in [-0.4, -0.2) is 40.5 Å². The van der Waals surface area contributed by atoms with E-state index in [2.05, 4.69) is 20.0 Å². The molecule has 10 heteroatoms. The Balaban J connectivity index is 1.69. The maximum atomic E-state index is 14.6. The molecule has 0 radical (unpaired) electrons. The number of nitrogens with zero attached hydrogens (tertiary/aromatic N) is 2. The fraction of sp³-hybridized carbons (Fsp3) is 0.190. The van der Waals surface area contributed by atoms with Crippen LogP contribution in [0.5, 0.6) is 0 Å². The summed E-state index contributed by atoms with van der Waals surface area (Å²) in [5.41, 5.74) is 1.34. The van der Waals surface area contributed by atoms with Crippen LogP contribution >= 0.6 is 0 Å². The van der Waals surface area contributed by atoms with Crippen LogP contribution in [0.3, 0.4) is 0 Å². The van der Waals surface area contributed by atoms with Crippen molar-refractivity contribution in [3.63, 3.8) is 0 Å². The Kier molecular flexibility index (Phi) is 5.37. The number of hydrogen-bond acceptors (Lipinski definition) is 4. The molecular formula is C21H17F3N4O3. The lowest BCUT2D eigenvalue weighted by Gasteiger charge is -2.35. The smallest absolute Gasteiger partial charge is 0.337 e. The lowest BCUT2D eigenvalue weighted by atomic mass is 9.95. The molecule has 3 aromatic rings. The number of carbonyl (C=O) groups excluding carboxylic acids is 2. The molecule has 1 aliphatic heterocycles. The van der Waals surface area contributed by atoms with Gasteiger partial charge in [-0.15, -0.1) is 0 Å². The van der Waals surface area contributed by atoms with Crippen molar-refractivity contribution in [2.45, 2.75) is 12.5 Å². The molecule has 1 atom stereocenters. The average Bonchev–Trinajstić information content (AvgIpc) is 3.26. The summed E-state index contributed by atoms with van der Waals surface area (Å²) in [7, 11) is 1.24. The summed E-state index contributed by atoms with van der Waals surface area (Å²) in [5, 5.41) is 2.65. The molecule has 0 saturated heterocycles. The van der Waals surface area contributed by atoms with Gasteiger partial charge in [-0.3, -0.25) is 0 Å². The van der Waals surface area contributed by atoms with Crippen molar-refractivity contribution >= 4 is 17.7 Å². The van der Waals surface area contributed by atoms with E-state index in [-0.39, 0.29) is 17.7 Å². The Hall–Kier alpha value is -3.82. The molecule has 0 aliphatic carbocycles. The van der Waals surface area contributed by atoms with Crippen LogP contribution in [0.1, 0.15) is 33.4 Å². The fourth-order valence-electron chi connectivity index (χ4n) is 3.60. The molecule has 0 unspecified atom stereocenters. The van der Waals surface area contributed by atoms with Crippen molar-refractivity contribution in [1.29, 1.82) is 0 Å². The second-order valence-corrected chi connectivity index (χ2v) is 6.88. The number of methoxy groups -OCH3 is 1.